The summed E-state index contributed by atoms with van der Waals surface area (Å²) in [6.07, 6.45) is 1.96. The van der Waals surface area contributed by atoms with Gasteiger partial charge in [-0.3, -0.25) is 4.79 Å². The lowest BCUT2D eigenvalue weighted by atomic mass is 9.98. The highest BCUT2D eigenvalue weighted by molar-refractivity contribution is 5.71. The molecule has 0 bridgehead atoms. The van der Waals surface area contributed by atoms with Crippen molar-refractivity contribution < 1.29 is 9.18 Å². The number of hydrogen-bond acceptors (Lipinski definition) is 8. The fourth-order valence-corrected chi connectivity index (χ4v) is 3.05. The molecule has 0 aliphatic rings. The Bertz CT molecular complexity index is 1030. The van der Waals surface area contributed by atoms with Gasteiger partial charge in [-0.25, -0.2) is 15.0 Å². The predicted octanol–water partition coefficient (Wildman–Crippen LogP) is 2.86. The van der Waals surface area contributed by atoms with Crippen LogP contribution in [0.25, 0.3) is 0 Å². The summed E-state index contributed by atoms with van der Waals surface area (Å²) in [4.78, 5) is 21.7. The van der Waals surface area contributed by atoms with Crippen LogP contribution in [0.4, 0.5) is 16.0 Å². The van der Waals surface area contributed by atoms with E-state index in [0.29, 0.717) is 17.9 Å². The van der Waals surface area contributed by atoms with E-state index in [1.165, 1.54) is 30.1 Å². The highest BCUT2D eigenvalue weighted by atomic mass is 19.1. The number of likely N-dealkylation sites (N-methyl/N-ethyl adjacent to an activating group) is 1. The van der Waals surface area contributed by atoms with Crippen molar-refractivity contribution in [1.29, 1.82) is 0 Å². The average molecular weight is 440 g/mol. The molecular formula is C23H30FN7O. The molecule has 0 aliphatic carbocycles. The van der Waals surface area contributed by atoms with Crippen molar-refractivity contribution in [2.75, 3.05) is 24.6 Å². The lowest BCUT2D eigenvalue weighted by Crippen LogP contribution is -2.41. The minimum Gasteiger partial charge on any atom is -0.383 e. The molecule has 0 saturated heterocycles. The number of aryl methyl sites for hydroxylation is 1. The van der Waals surface area contributed by atoms with Gasteiger partial charge in [0, 0.05) is 12.1 Å². The fourth-order valence-electron chi connectivity index (χ4n) is 3.05. The van der Waals surface area contributed by atoms with E-state index in [2.05, 4.69) is 39.4 Å². The number of aromatic nitrogens is 3. The van der Waals surface area contributed by atoms with Gasteiger partial charge in [-0.2, -0.15) is 4.39 Å². The van der Waals surface area contributed by atoms with E-state index in [1.54, 1.807) is 0 Å². The van der Waals surface area contributed by atoms with Crippen molar-refractivity contribution >= 4 is 17.9 Å². The van der Waals surface area contributed by atoms with Gasteiger partial charge >= 0.3 is 0 Å². The third-order valence-electron chi connectivity index (χ3n) is 4.60. The maximum Gasteiger partial charge on any atom is 0.213 e. The Labute approximate surface area is 187 Å². The molecule has 1 atom stereocenters. The first-order valence-electron chi connectivity index (χ1n) is 10.1. The highest BCUT2D eigenvalue weighted by Crippen LogP contribution is 2.30. The standard InChI is InChI=1S/C17H26N6.C6H4FNO/c1-11-5-7-12(8-6-11)14(18)13-15(19)21-10-22-16(13)23-17(2,3)9-20-4;7-6-3-1-2-5(4-9)8-6/h5-8,10,14,20H,9,18H2,1-4H3,(H3,19,21,22,23);1-4H. The molecule has 9 heteroatoms. The number of benzene rings is 1. The second kappa shape index (κ2) is 11.3. The van der Waals surface area contributed by atoms with Crippen molar-refractivity contribution in [3.05, 3.63) is 77.1 Å². The van der Waals surface area contributed by atoms with Crippen molar-refractivity contribution in [2.45, 2.75) is 32.4 Å². The first kappa shape index (κ1) is 24.8. The van der Waals surface area contributed by atoms with E-state index in [1.807, 2.05) is 38.2 Å². The minimum absolute atomic E-state index is 0.120. The highest BCUT2D eigenvalue weighted by Gasteiger charge is 2.23. The van der Waals surface area contributed by atoms with E-state index in [-0.39, 0.29) is 17.3 Å². The largest absolute Gasteiger partial charge is 0.383 e. The lowest BCUT2D eigenvalue weighted by molar-refractivity contribution is 0.111. The van der Waals surface area contributed by atoms with Crippen LogP contribution in [0.5, 0.6) is 0 Å². The third-order valence-corrected chi connectivity index (χ3v) is 4.60. The molecule has 3 rings (SSSR count). The van der Waals surface area contributed by atoms with Crippen molar-refractivity contribution in [2.24, 2.45) is 5.73 Å². The normalized spacial score (nSPS) is 11.8. The second-order valence-corrected chi connectivity index (χ2v) is 7.95. The van der Waals surface area contributed by atoms with Crippen molar-refractivity contribution in [3.63, 3.8) is 0 Å². The number of nitrogen functional groups attached to an aromatic ring is 1. The van der Waals surface area contributed by atoms with Crippen LogP contribution in [0, 0.1) is 12.9 Å². The molecular weight excluding hydrogens is 409 g/mol. The average Bonchev–Trinajstić information content (AvgIpc) is 2.74. The SMILES string of the molecule is CNCC(C)(C)Nc1ncnc(N)c1C(N)c1ccc(C)cc1.O=Cc1cccc(F)n1. The molecule has 0 aliphatic heterocycles. The molecule has 1 aromatic carbocycles. The Hall–Kier alpha value is -3.43. The molecule has 0 radical (unpaired) electrons. The first-order chi connectivity index (χ1) is 15.2. The summed E-state index contributed by atoms with van der Waals surface area (Å²) < 4.78 is 12.1. The molecule has 3 aromatic rings. The Morgan fingerprint density at radius 3 is 2.41 bits per heavy atom. The molecule has 0 amide bonds. The number of aldehydes is 1. The van der Waals surface area contributed by atoms with Crippen LogP contribution in [0.3, 0.4) is 0 Å². The molecule has 0 spiro atoms. The molecule has 32 heavy (non-hydrogen) atoms. The monoisotopic (exact) mass is 439 g/mol. The maximum atomic E-state index is 12.1. The maximum absolute atomic E-state index is 12.1. The van der Waals surface area contributed by atoms with Gasteiger partial charge < -0.3 is 22.1 Å². The Kier molecular flexibility index (Phi) is 8.74. The minimum atomic E-state index is -0.625. The van der Waals surface area contributed by atoms with E-state index in [4.69, 9.17) is 11.5 Å². The van der Waals surface area contributed by atoms with E-state index in [0.717, 1.165) is 17.7 Å². The number of nitrogens with zero attached hydrogens (tertiary/aromatic N) is 3. The van der Waals surface area contributed by atoms with Crippen LogP contribution >= 0.6 is 0 Å². The zero-order valence-electron chi connectivity index (χ0n) is 18.8. The van der Waals surface area contributed by atoms with Gasteiger partial charge in [0.2, 0.25) is 5.95 Å². The van der Waals surface area contributed by atoms with Gasteiger partial charge in [-0.15, -0.1) is 0 Å². The number of nitrogens with one attached hydrogen (secondary N) is 2. The Balaban J connectivity index is 0.000000336. The number of hydrogen-bond donors (Lipinski definition) is 4. The summed E-state index contributed by atoms with van der Waals surface area (Å²) >= 11 is 0. The molecule has 2 heterocycles. The Morgan fingerprint density at radius 1 is 1.16 bits per heavy atom. The van der Waals surface area contributed by atoms with Crippen LogP contribution in [-0.2, 0) is 0 Å². The molecule has 2 aromatic heterocycles. The van der Waals surface area contributed by atoms with Crippen molar-refractivity contribution in [3.8, 4) is 0 Å². The lowest BCUT2D eigenvalue weighted by Gasteiger charge is -2.29. The quantitative estimate of drug-likeness (QED) is 0.326. The summed E-state index contributed by atoms with van der Waals surface area (Å²) in [7, 11) is 1.91. The van der Waals surface area contributed by atoms with Crippen LogP contribution in [-0.4, -0.2) is 40.4 Å². The fraction of sp³-hybridized carbons (Fsp3) is 0.304. The van der Waals surface area contributed by atoms with E-state index >= 15 is 0 Å². The second-order valence-electron chi connectivity index (χ2n) is 7.95. The number of anilines is 2. The summed E-state index contributed by atoms with van der Waals surface area (Å²) in [6, 6.07) is 11.8. The number of nitrogens with two attached hydrogens (primary N) is 2. The molecule has 0 fully saturated rings. The summed E-state index contributed by atoms with van der Waals surface area (Å²) in [5.74, 6) is 0.446. The summed E-state index contributed by atoms with van der Waals surface area (Å²) in [6.45, 7) is 6.99. The van der Waals surface area contributed by atoms with Gasteiger partial charge in [-0.05, 0) is 45.5 Å². The molecule has 1 unspecified atom stereocenters. The van der Waals surface area contributed by atoms with E-state index in [9.17, 15) is 9.18 Å². The number of pyridine rings is 1. The Morgan fingerprint density at radius 2 is 1.84 bits per heavy atom. The van der Waals surface area contributed by atoms with Gasteiger partial charge in [0.25, 0.3) is 0 Å². The van der Waals surface area contributed by atoms with Gasteiger partial charge in [0.15, 0.2) is 6.29 Å². The molecule has 170 valence electrons. The van der Waals surface area contributed by atoms with Gasteiger partial charge in [0.1, 0.15) is 23.7 Å². The van der Waals surface area contributed by atoms with Crippen LogP contribution < -0.4 is 22.1 Å². The van der Waals surface area contributed by atoms with Crippen molar-refractivity contribution in [1.82, 2.24) is 20.3 Å². The van der Waals surface area contributed by atoms with Crippen LogP contribution in [0.1, 0.15) is 47.1 Å². The van der Waals surface area contributed by atoms with Gasteiger partial charge in [-0.1, -0.05) is 35.9 Å². The number of carbonyl (C=O) groups excluding carboxylic acids is 1. The predicted molar refractivity (Wildman–Crippen MR) is 125 cm³/mol. The zero-order valence-corrected chi connectivity index (χ0v) is 18.8. The molecule has 6 N–H and O–H groups in total. The topological polar surface area (TPSA) is 132 Å². The van der Waals surface area contributed by atoms with E-state index < -0.39 is 5.95 Å². The number of rotatable bonds is 7. The summed E-state index contributed by atoms with van der Waals surface area (Å²) in [5, 5.41) is 6.58. The van der Waals surface area contributed by atoms with Crippen LogP contribution in [0.15, 0.2) is 48.8 Å². The zero-order chi connectivity index (χ0) is 23.7. The third kappa shape index (κ3) is 7.07. The molecule has 8 nitrogen and oxygen atoms in total. The smallest absolute Gasteiger partial charge is 0.213 e. The number of halogens is 1. The first-order valence-corrected chi connectivity index (χ1v) is 10.1. The summed E-state index contributed by atoms with van der Waals surface area (Å²) in [5.41, 5.74) is 15.4. The van der Waals surface area contributed by atoms with Gasteiger partial charge in [0.05, 0.1) is 11.6 Å². The molecule has 0 saturated carbocycles. The van der Waals surface area contributed by atoms with Crippen LogP contribution in [0.2, 0.25) is 0 Å². The number of carbonyl (C=O) groups is 1.